The molecule has 4 heteroatoms. The molecule has 1 aliphatic carbocycles. The second-order valence-electron chi connectivity index (χ2n) is 20.8. The summed E-state index contributed by atoms with van der Waals surface area (Å²) in [4.78, 5) is 16.3. The quantitative estimate of drug-likeness (QED) is 0.0480. The van der Waals surface area contributed by atoms with E-state index in [1.54, 1.807) is 11.1 Å². The van der Waals surface area contributed by atoms with Crippen LogP contribution in [0.5, 0.6) is 0 Å². The summed E-state index contributed by atoms with van der Waals surface area (Å²) in [5.74, 6) is 0. The van der Waals surface area contributed by atoms with Crippen molar-refractivity contribution in [1.82, 2.24) is 9.97 Å². The molecule has 0 saturated carbocycles. The van der Waals surface area contributed by atoms with Gasteiger partial charge in [-0.1, -0.05) is 251 Å². The summed E-state index contributed by atoms with van der Waals surface area (Å²) in [7, 11) is 0. The zero-order valence-electron chi connectivity index (χ0n) is 43.5. The van der Waals surface area contributed by atoms with Gasteiger partial charge >= 0.3 is 0 Å². The van der Waals surface area contributed by atoms with Crippen LogP contribution in [0.1, 0.15) is 177 Å². The Morgan fingerprint density at radius 1 is 0.366 bits per heavy atom. The summed E-state index contributed by atoms with van der Waals surface area (Å²) >= 11 is 3.72. The molecule has 0 amide bonds. The van der Waals surface area contributed by atoms with E-state index in [0.29, 0.717) is 0 Å². The van der Waals surface area contributed by atoms with Crippen LogP contribution in [0.25, 0.3) is 76.0 Å². The predicted octanol–water partition coefficient (Wildman–Crippen LogP) is 21.6. The molecule has 71 heavy (non-hydrogen) atoms. The fourth-order valence-electron chi connectivity index (χ4n) is 11.6. The van der Waals surface area contributed by atoms with Gasteiger partial charge < -0.3 is 0 Å². The Hall–Kier alpha value is -5.16. The lowest BCUT2D eigenvalue weighted by molar-refractivity contribution is 0.397. The van der Waals surface area contributed by atoms with Crippen LogP contribution in [0.4, 0.5) is 0 Å². The molecule has 0 N–H and O–H groups in total. The fraction of sp³-hybridized carbons (Fsp3) is 0.403. The monoisotopic (exact) mass is 975 g/mol. The first-order valence-corrected chi connectivity index (χ1v) is 29.5. The first-order chi connectivity index (χ1) is 35.0. The molecule has 0 unspecified atom stereocenters. The molecule has 368 valence electrons. The van der Waals surface area contributed by atoms with E-state index < -0.39 is 0 Å². The van der Waals surface area contributed by atoms with Crippen molar-refractivity contribution in [3.63, 3.8) is 0 Å². The molecule has 0 aliphatic heterocycles. The van der Waals surface area contributed by atoms with Gasteiger partial charge in [-0.2, -0.15) is 0 Å². The van der Waals surface area contributed by atoms with Crippen LogP contribution in [0.15, 0.2) is 133 Å². The van der Waals surface area contributed by atoms with Gasteiger partial charge in [0.2, 0.25) is 0 Å². The van der Waals surface area contributed by atoms with Crippen LogP contribution >= 0.6 is 22.7 Å². The number of rotatable bonds is 27. The minimum atomic E-state index is 0.0408. The van der Waals surface area contributed by atoms with Gasteiger partial charge in [0, 0.05) is 47.2 Å². The first kappa shape index (κ1) is 50.8. The molecule has 0 radical (unpaired) electrons. The van der Waals surface area contributed by atoms with Gasteiger partial charge in [0.25, 0.3) is 0 Å². The molecular weight excluding hydrogens is 897 g/mol. The van der Waals surface area contributed by atoms with Gasteiger partial charge in [-0.25, -0.2) is 9.97 Å². The maximum atomic E-state index is 5.65. The van der Waals surface area contributed by atoms with Gasteiger partial charge in [-0.3, -0.25) is 0 Å². The highest BCUT2D eigenvalue weighted by atomic mass is 32.1. The van der Waals surface area contributed by atoms with Gasteiger partial charge in [0.15, 0.2) is 0 Å². The SMILES string of the molecule is CCCCCCCCCCCCC1(CCCCCCCCCCCC)c2cc(C)ccc2-c2ccc(-c3ccc(-c4ccc(-c5ccc(C)s5)c5nc(-c6ccccc6)c(-c6ccccc6)nc45)s3)cc21. The molecule has 0 bridgehead atoms. The molecule has 2 nitrogen and oxygen atoms in total. The molecule has 1 aliphatic rings. The molecule has 3 heterocycles. The Labute approximate surface area is 435 Å². The summed E-state index contributed by atoms with van der Waals surface area (Å²) < 4.78 is 0. The van der Waals surface area contributed by atoms with E-state index in [2.05, 4.69) is 161 Å². The van der Waals surface area contributed by atoms with Gasteiger partial charge in [0.1, 0.15) is 0 Å². The van der Waals surface area contributed by atoms with Crippen LogP contribution < -0.4 is 0 Å². The van der Waals surface area contributed by atoms with E-state index >= 15 is 0 Å². The third-order valence-corrected chi connectivity index (χ3v) is 17.7. The number of aromatic nitrogens is 2. The zero-order valence-corrected chi connectivity index (χ0v) is 45.1. The smallest absolute Gasteiger partial charge is 0.0988 e. The van der Waals surface area contributed by atoms with Gasteiger partial charge in [0.05, 0.1) is 22.4 Å². The van der Waals surface area contributed by atoms with Crippen LogP contribution in [-0.2, 0) is 5.41 Å². The van der Waals surface area contributed by atoms with E-state index in [1.807, 2.05) is 22.7 Å². The molecule has 5 aromatic carbocycles. The summed E-state index contributed by atoms with van der Waals surface area (Å²) in [6.45, 7) is 9.13. The topological polar surface area (TPSA) is 25.8 Å². The number of aryl methyl sites for hydroxylation is 2. The van der Waals surface area contributed by atoms with Crippen molar-refractivity contribution in [3.05, 3.63) is 155 Å². The van der Waals surface area contributed by atoms with E-state index in [-0.39, 0.29) is 5.41 Å². The summed E-state index contributed by atoms with van der Waals surface area (Å²) in [6.07, 6.45) is 29.9. The number of hydrogen-bond acceptors (Lipinski definition) is 4. The number of unbranched alkanes of at least 4 members (excludes halogenated alkanes) is 18. The normalized spacial score (nSPS) is 12.7. The Morgan fingerprint density at radius 2 is 0.789 bits per heavy atom. The summed E-state index contributed by atoms with van der Waals surface area (Å²) in [5.41, 5.74) is 17.0. The molecule has 0 spiro atoms. The van der Waals surface area contributed by atoms with Crippen LogP contribution in [0.3, 0.4) is 0 Å². The maximum Gasteiger partial charge on any atom is 0.0988 e. The molecule has 8 aromatic rings. The standard InChI is InChI=1S/C67H78N2S2/c1-5-7-9-11-13-15-17-19-21-29-45-67(46-30-22-20-18-16-14-12-10-8-6-2)58-47-49(3)35-38-54(58)55-39-37-53(48-59(55)67)60-43-44-62(71-60)57-41-40-56(61-42-36-50(4)70-61)65-66(57)69-64(52-33-27-24-28-34-52)63(68-65)51-31-25-23-26-32-51/h23-28,31-44,47-48H,5-22,29-30,45-46H2,1-4H3. The summed E-state index contributed by atoms with van der Waals surface area (Å²) in [6, 6.07) is 49.9. The fourth-order valence-corrected chi connectivity index (χ4v) is 13.5. The van der Waals surface area contributed by atoms with Crippen molar-refractivity contribution in [2.24, 2.45) is 0 Å². The Balaban J connectivity index is 1.05. The second kappa shape index (κ2) is 25.0. The number of benzene rings is 5. The zero-order chi connectivity index (χ0) is 48.8. The van der Waals surface area contributed by atoms with Gasteiger partial charge in [-0.05, 0) is 84.8 Å². The lowest BCUT2D eigenvalue weighted by Gasteiger charge is -2.33. The minimum Gasteiger partial charge on any atom is -0.243 e. The molecule has 9 rings (SSSR count). The molecule has 3 aromatic heterocycles. The van der Waals surface area contributed by atoms with E-state index in [0.717, 1.165) is 44.7 Å². The number of hydrogen-bond donors (Lipinski definition) is 0. The molecule has 0 saturated heterocycles. The first-order valence-electron chi connectivity index (χ1n) is 27.9. The van der Waals surface area contributed by atoms with Gasteiger partial charge in [-0.15, -0.1) is 22.7 Å². The lowest BCUT2D eigenvalue weighted by atomic mass is 9.70. The third kappa shape index (κ3) is 12.0. The molecule has 0 atom stereocenters. The van der Waals surface area contributed by atoms with Crippen molar-refractivity contribution in [1.29, 1.82) is 0 Å². The van der Waals surface area contributed by atoms with Crippen molar-refractivity contribution < 1.29 is 0 Å². The Morgan fingerprint density at radius 3 is 1.28 bits per heavy atom. The highest BCUT2D eigenvalue weighted by molar-refractivity contribution is 7.19. The van der Waals surface area contributed by atoms with Crippen LogP contribution in [0, 0.1) is 13.8 Å². The van der Waals surface area contributed by atoms with E-state index in [1.165, 1.54) is 183 Å². The summed E-state index contributed by atoms with van der Waals surface area (Å²) in [5, 5.41) is 0. The number of fused-ring (bicyclic) bond motifs is 4. The van der Waals surface area contributed by atoms with Crippen molar-refractivity contribution >= 4 is 33.7 Å². The lowest BCUT2D eigenvalue weighted by Crippen LogP contribution is -2.25. The van der Waals surface area contributed by atoms with Crippen molar-refractivity contribution in [2.75, 3.05) is 0 Å². The predicted molar refractivity (Wildman–Crippen MR) is 311 cm³/mol. The van der Waals surface area contributed by atoms with Crippen molar-refractivity contribution in [2.45, 2.75) is 174 Å². The van der Waals surface area contributed by atoms with E-state index in [9.17, 15) is 0 Å². The highest BCUT2D eigenvalue weighted by Crippen LogP contribution is 2.56. The maximum absolute atomic E-state index is 5.65. The molecular formula is C67H78N2S2. The number of nitrogens with zero attached hydrogens (tertiary/aromatic N) is 2. The largest absolute Gasteiger partial charge is 0.243 e. The van der Waals surface area contributed by atoms with Crippen molar-refractivity contribution in [3.8, 4) is 65.0 Å². The third-order valence-electron chi connectivity index (χ3n) is 15.5. The Bertz CT molecular complexity index is 2910. The second-order valence-corrected chi connectivity index (χ2v) is 23.2. The highest BCUT2D eigenvalue weighted by Gasteiger charge is 2.42. The van der Waals surface area contributed by atoms with E-state index in [4.69, 9.17) is 9.97 Å². The average Bonchev–Trinajstić information content (AvgIpc) is 4.14. The van der Waals surface area contributed by atoms with Crippen LogP contribution in [0.2, 0.25) is 0 Å². The van der Waals surface area contributed by atoms with Crippen LogP contribution in [-0.4, -0.2) is 9.97 Å². The molecule has 0 fully saturated rings. The minimum absolute atomic E-state index is 0.0408. The Kier molecular flexibility index (Phi) is 17.9. The number of thiophene rings is 2. The average molecular weight is 976 g/mol.